The Hall–Kier alpha value is -5.92. The summed E-state index contributed by atoms with van der Waals surface area (Å²) >= 11 is 0. The van der Waals surface area contributed by atoms with E-state index >= 15 is 0 Å². The van der Waals surface area contributed by atoms with Gasteiger partial charge in [-0.05, 0) is 90.2 Å². The van der Waals surface area contributed by atoms with Gasteiger partial charge in [-0.3, -0.25) is 0 Å². The summed E-state index contributed by atoms with van der Waals surface area (Å²) in [5.74, 6) is 0. The molecule has 0 bridgehead atoms. The third-order valence-corrected chi connectivity index (χ3v) is 8.53. The first-order valence-electron chi connectivity index (χ1n) is 18.0. The normalized spacial score (nSPS) is 13.4. The van der Waals surface area contributed by atoms with Crippen molar-refractivity contribution in [3.8, 4) is 44.5 Å². The Balaban J connectivity index is 1.34. The molecule has 9 aromatic rings. The first-order valence-corrected chi connectivity index (χ1v) is 15.0. The van der Waals surface area contributed by atoms with E-state index in [1.54, 1.807) is 24.3 Å². The van der Waals surface area contributed by atoms with Crippen LogP contribution in [-0.2, 0) is 0 Å². The lowest BCUT2D eigenvalue weighted by molar-refractivity contribution is 0.669. The highest BCUT2D eigenvalue weighted by atomic mass is 16.3. The van der Waals surface area contributed by atoms with Gasteiger partial charge in [0.1, 0.15) is 11.2 Å². The summed E-state index contributed by atoms with van der Waals surface area (Å²) in [6, 6.07) is 42.8. The molecule has 0 N–H and O–H groups in total. The van der Waals surface area contributed by atoms with Crippen LogP contribution < -0.4 is 0 Å². The SMILES string of the molecule is [2H]c1c(-c2ccccc2)c([2H])c2c(oc3c([2H])c(-c4c5ccccc5c(-c5ccc(-c6ccccc6)cc5)c5ccccc45)c([2H])c([2H])c32)c1[2H]. The molecule has 0 saturated carbocycles. The summed E-state index contributed by atoms with van der Waals surface area (Å²) in [7, 11) is 0. The van der Waals surface area contributed by atoms with E-state index in [9.17, 15) is 5.48 Å². The molecule has 210 valence electrons. The van der Waals surface area contributed by atoms with Crippen LogP contribution in [0.1, 0.15) is 8.22 Å². The number of furan rings is 1. The molecule has 0 spiro atoms. The minimum Gasteiger partial charge on any atom is -0.456 e. The van der Waals surface area contributed by atoms with E-state index < -0.39 is 0 Å². The molecule has 1 heteroatoms. The number of rotatable bonds is 4. The molecule has 0 radical (unpaired) electrons. The Bertz CT molecular complexity index is 2790. The first-order chi connectivity index (χ1) is 24.8. The van der Waals surface area contributed by atoms with E-state index in [1.165, 1.54) is 0 Å². The van der Waals surface area contributed by atoms with Crippen LogP contribution in [-0.4, -0.2) is 0 Å². The monoisotopic (exact) mass is 578 g/mol. The van der Waals surface area contributed by atoms with Crippen LogP contribution in [0.2, 0.25) is 0 Å². The van der Waals surface area contributed by atoms with Crippen molar-refractivity contribution in [3.05, 3.63) is 170 Å². The molecule has 0 aliphatic carbocycles. The Morgan fingerprint density at radius 1 is 0.311 bits per heavy atom. The van der Waals surface area contributed by atoms with Gasteiger partial charge < -0.3 is 4.42 Å². The summed E-state index contributed by atoms with van der Waals surface area (Å²) in [6.07, 6.45) is 0. The number of hydrogen-bond donors (Lipinski definition) is 0. The zero-order valence-corrected chi connectivity index (χ0v) is 24.1. The highest BCUT2D eigenvalue weighted by molar-refractivity contribution is 6.22. The molecule has 0 aliphatic heterocycles. The summed E-state index contributed by atoms with van der Waals surface area (Å²) in [5.41, 5.74) is 6.08. The fourth-order valence-electron chi connectivity index (χ4n) is 6.43. The molecular formula is C44H28O. The van der Waals surface area contributed by atoms with Gasteiger partial charge in [-0.2, -0.15) is 0 Å². The molecule has 9 rings (SSSR count). The number of benzene rings is 8. The predicted octanol–water partition coefficient (Wildman–Crippen LogP) is 12.6. The lowest BCUT2D eigenvalue weighted by Crippen LogP contribution is -1.91. The van der Waals surface area contributed by atoms with Gasteiger partial charge >= 0.3 is 0 Å². The van der Waals surface area contributed by atoms with E-state index in [1.807, 2.05) is 60.7 Å². The Kier molecular flexibility index (Phi) is 4.63. The van der Waals surface area contributed by atoms with Crippen molar-refractivity contribution in [2.45, 2.75) is 0 Å². The van der Waals surface area contributed by atoms with Crippen LogP contribution in [0.4, 0.5) is 0 Å². The summed E-state index contributed by atoms with van der Waals surface area (Å²) in [5, 5.41) is 3.87. The van der Waals surface area contributed by atoms with E-state index in [4.69, 9.17) is 7.16 Å². The van der Waals surface area contributed by atoms with Crippen LogP contribution in [0, 0.1) is 0 Å². The van der Waals surface area contributed by atoms with Crippen molar-refractivity contribution in [3.63, 3.8) is 0 Å². The van der Waals surface area contributed by atoms with Crippen molar-refractivity contribution < 1.29 is 12.6 Å². The molecule has 0 unspecified atom stereocenters. The van der Waals surface area contributed by atoms with Crippen molar-refractivity contribution in [1.82, 2.24) is 0 Å². The summed E-state index contributed by atoms with van der Waals surface area (Å²) in [6.45, 7) is 0. The fourth-order valence-corrected chi connectivity index (χ4v) is 6.43. The number of fused-ring (bicyclic) bond motifs is 5. The molecule has 0 aliphatic rings. The van der Waals surface area contributed by atoms with Gasteiger partial charge in [0.05, 0.1) is 8.22 Å². The minimum absolute atomic E-state index is 0.0257. The largest absolute Gasteiger partial charge is 0.456 e. The second-order valence-corrected chi connectivity index (χ2v) is 11.2. The van der Waals surface area contributed by atoms with Crippen molar-refractivity contribution in [1.29, 1.82) is 0 Å². The van der Waals surface area contributed by atoms with E-state index in [0.717, 1.165) is 43.8 Å². The van der Waals surface area contributed by atoms with Crippen molar-refractivity contribution in [2.75, 3.05) is 0 Å². The van der Waals surface area contributed by atoms with Gasteiger partial charge in [0.2, 0.25) is 0 Å². The molecule has 1 heterocycles. The Morgan fingerprint density at radius 3 is 1.38 bits per heavy atom. The molecule has 0 fully saturated rings. The standard InChI is InChI=1S/C44H28O/c1-3-11-29(12-4-1)31-19-21-32(22-20-31)43-36-15-7-9-17-38(36)44(39-18-10-8-16-37(39)43)34-23-25-35-40-27-33(30-13-5-2-6-14-30)24-26-41(40)45-42(35)28-34/h1-28H/i23D,24D,25D,26D,27D,28D. The van der Waals surface area contributed by atoms with Gasteiger partial charge in [-0.15, -0.1) is 0 Å². The summed E-state index contributed by atoms with van der Waals surface area (Å²) in [4.78, 5) is 0. The topological polar surface area (TPSA) is 13.1 Å². The lowest BCUT2D eigenvalue weighted by Gasteiger charge is -2.18. The Labute approximate surface area is 270 Å². The molecule has 0 atom stereocenters. The second-order valence-electron chi connectivity index (χ2n) is 11.2. The molecular weight excluding hydrogens is 544 g/mol. The first kappa shape index (κ1) is 20.1. The van der Waals surface area contributed by atoms with Crippen molar-refractivity contribution >= 4 is 43.5 Å². The van der Waals surface area contributed by atoms with Crippen molar-refractivity contribution in [2.24, 2.45) is 0 Å². The van der Waals surface area contributed by atoms with Crippen LogP contribution in [0.5, 0.6) is 0 Å². The Morgan fingerprint density at radius 2 is 0.778 bits per heavy atom. The van der Waals surface area contributed by atoms with Crippen LogP contribution in [0.3, 0.4) is 0 Å². The van der Waals surface area contributed by atoms with Gasteiger partial charge in [0.25, 0.3) is 0 Å². The maximum atomic E-state index is 9.57. The average molecular weight is 579 g/mol. The molecule has 0 saturated heterocycles. The van der Waals surface area contributed by atoms with E-state index in [-0.39, 0.29) is 69.3 Å². The maximum Gasteiger partial charge on any atom is 0.136 e. The quantitative estimate of drug-likeness (QED) is 0.189. The average Bonchev–Trinajstić information content (AvgIpc) is 3.59. The van der Waals surface area contributed by atoms with Gasteiger partial charge in [-0.1, -0.05) is 146 Å². The predicted molar refractivity (Wildman–Crippen MR) is 190 cm³/mol. The van der Waals surface area contributed by atoms with Gasteiger partial charge in [0, 0.05) is 10.8 Å². The molecule has 45 heavy (non-hydrogen) atoms. The smallest absolute Gasteiger partial charge is 0.136 e. The third kappa shape index (κ3) is 4.24. The van der Waals surface area contributed by atoms with E-state index in [2.05, 4.69) is 48.5 Å². The zero-order chi connectivity index (χ0) is 35.0. The van der Waals surface area contributed by atoms with Crippen LogP contribution >= 0.6 is 0 Å². The molecule has 8 aromatic carbocycles. The van der Waals surface area contributed by atoms with Crippen LogP contribution in [0.25, 0.3) is 88.0 Å². The van der Waals surface area contributed by atoms with E-state index in [0.29, 0.717) is 11.1 Å². The zero-order valence-electron chi connectivity index (χ0n) is 30.1. The fraction of sp³-hybridized carbons (Fsp3) is 0. The maximum absolute atomic E-state index is 9.57. The third-order valence-electron chi connectivity index (χ3n) is 8.53. The van der Waals surface area contributed by atoms with Gasteiger partial charge in [-0.25, -0.2) is 0 Å². The van der Waals surface area contributed by atoms with Crippen LogP contribution in [0.15, 0.2) is 174 Å². The van der Waals surface area contributed by atoms with Gasteiger partial charge in [0.15, 0.2) is 0 Å². The number of hydrogen-bond acceptors (Lipinski definition) is 1. The highest BCUT2D eigenvalue weighted by Crippen LogP contribution is 2.45. The molecule has 1 nitrogen and oxygen atoms in total. The molecule has 0 amide bonds. The lowest BCUT2D eigenvalue weighted by atomic mass is 9.85. The minimum atomic E-state index is -0.221. The molecule has 1 aromatic heterocycles. The summed E-state index contributed by atoms with van der Waals surface area (Å²) < 4.78 is 61.4. The second kappa shape index (κ2) is 10.4. The highest BCUT2D eigenvalue weighted by Gasteiger charge is 2.18.